The van der Waals surface area contributed by atoms with Crippen molar-refractivity contribution in [3.8, 4) is 11.4 Å². The molecule has 0 atom stereocenters. The third-order valence-corrected chi connectivity index (χ3v) is 4.92. The molecule has 3 aromatic carbocycles. The van der Waals surface area contributed by atoms with Gasteiger partial charge in [0.15, 0.2) is 11.4 Å². The normalized spacial score (nSPS) is 11.2. The Morgan fingerprint density at radius 1 is 1.07 bits per heavy atom. The SMILES string of the molecule is Cc1cc(Cc2ccccc2C)c(O)c(-n2nc3cc(Cl)ccc3[n+]2[O-])c1. The van der Waals surface area contributed by atoms with Gasteiger partial charge in [0, 0.05) is 23.1 Å². The first-order chi connectivity index (χ1) is 12.9. The summed E-state index contributed by atoms with van der Waals surface area (Å²) in [7, 11) is 0. The van der Waals surface area contributed by atoms with Gasteiger partial charge in [-0.1, -0.05) is 41.9 Å². The molecule has 136 valence electrons. The summed E-state index contributed by atoms with van der Waals surface area (Å²) in [5.41, 5.74) is 5.16. The number of rotatable bonds is 3. The summed E-state index contributed by atoms with van der Waals surface area (Å²) in [5.74, 6) is 0.0485. The fourth-order valence-electron chi connectivity index (χ4n) is 3.27. The van der Waals surface area contributed by atoms with Gasteiger partial charge in [-0.05, 0) is 53.5 Å². The molecule has 0 unspecified atom stereocenters. The van der Waals surface area contributed by atoms with E-state index in [0.29, 0.717) is 33.0 Å². The lowest BCUT2D eigenvalue weighted by Crippen LogP contribution is -2.37. The van der Waals surface area contributed by atoms with Crippen molar-refractivity contribution in [2.24, 2.45) is 0 Å². The van der Waals surface area contributed by atoms with Gasteiger partial charge < -0.3 is 10.3 Å². The van der Waals surface area contributed by atoms with Crippen molar-refractivity contribution >= 4 is 22.6 Å². The number of benzene rings is 3. The van der Waals surface area contributed by atoms with Gasteiger partial charge in [-0.2, -0.15) is 0 Å². The third kappa shape index (κ3) is 3.11. The Morgan fingerprint density at radius 2 is 1.85 bits per heavy atom. The largest absolute Gasteiger partial charge is 0.692 e. The number of hydrogen-bond donors (Lipinski definition) is 1. The second-order valence-electron chi connectivity index (χ2n) is 6.69. The van der Waals surface area contributed by atoms with E-state index in [1.54, 1.807) is 24.3 Å². The minimum absolute atomic E-state index is 0.0485. The molecular weight excluding hydrogens is 362 g/mol. The van der Waals surface area contributed by atoms with Crippen LogP contribution in [0.15, 0.2) is 54.6 Å². The predicted octanol–water partition coefficient (Wildman–Crippen LogP) is 4.23. The number of phenolic OH excluding ortho intramolecular Hbond substituents is 1. The summed E-state index contributed by atoms with van der Waals surface area (Å²) in [4.78, 5) is 1.84. The average molecular weight is 380 g/mol. The maximum atomic E-state index is 12.7. The Hall–Kier alpha value is -3.05. The van der Waals surface area contributed by atoms with Crippen LogP contribution in [0.3, 0.4) is 0 Å². The highest BCUT2D eigenvalue weighted by atomic mass is 35.5. The summed E-state index contributed by atoms with van der Waals surface area (Å²) < 4.78 is 0. The zero-order valence-corrected chi connectivity index (χ0v) is 15.7. The Morgan fingerprint density at radius 3 is 2.63 bits per heavy atom. The van der Waals surface area contributed by atoms with E-state index >= 15 is 0 Å². The van der Waals surface area contributed by atoms with E-state index in [0.717, 1.165) is 22.3 Å². The number of nitrogens with zero attached hydrogens (tertiary/aromatic N) is 3. The Bertz CT molecular complexity index is 1170. The van der Waals surface area contributed by atoms with E-state index in [1.165, 1.54) is 4.80 Å². The molecule has 0 saturated carbocycles. The fraction of sp³-hybridized carbons (Fsp3) is 0.143. The van der Waals surface area contributed by atoms with Crippen LogP contribution in [-0.2, 0) is 6.42 Å². The van der Waals surface area contributed by atoms with Gasteiger partial charge >= 0.3 is 0 Å². The van der Waals surface area contributed by atoms with Crippen molar-refractivity contribution in [1.29, 1.82) is 0 Å². The zero-order valence-electron chi connectivity index (χ0n) is 15.0. The second-order valence-corrected chi connectivity index (χ2v) is 7.13. The molecular formula is C21H18ClN3O2. The number of aromatic hydroxyl groups is 1. The Labute approximate surface area is 161 Å². The van der Waals surface area contributed by atoms with Crippen LogP contribution >= 0.6 is 11.6 Å². The summed E-state index contributed by atoms with van der Waals surface area (Å²) in [6.45, 7) is 3.97. The second kappa shape index (κ2) is 6.59. The molecule has 1 heterocycles. The first-order valence-electron chi connectivity index (χ1n) is 8.59. The highest BCUT2D eigenvalue weighted by Crippen LogP contribution is 2.30. The van der Waals surface area contributed by atoms with E-state index < -0.39 is 0 Å². The summed E-state index contributed by atoms with van der Waals surface area (Å²) in [5, 5.41) is 28.4. The van der Waals surface area contributed by atoms with Gasteiger partial charge in [0.05, 0.1) is 5.10 Å². The standard InChI is InChI=1S/C21H18ClN3O2/c1-13-9-16(11-15-6-4-3-5-14(15)2)21(26)20(10-13)24-23-18-12-17(22)7-8-19(18)25(24)27/h3-10,12,26H,11H2,1-2H3. The number of hydrogen-bond acceptors (Lipinski definition) is 3. The highest BCUT2D eigenvalue weighted by Gasteiger charge is 2.21. The van der Waals surface area contributed by atoms with Gasteiger partial charge in [0.25, 0.3) is 5.52 Å². The van der Waals surface area contributed by atoms with E-state index in [2.05, 4.69) is 5.10 Å². The molecule has 0 bridgehead atoms. The minimum atomic E-state index is 0.0485. The maximum absolute atomic E-state index is 12.7. The van der Waals surface area contributed by atoms with E-state index in [4.69, 9.17) is 11.6 Å². The zero-order chi connectivity index (χ0) is 19.1. The highest BCUT2D eigenvalue weighted by molar-refractivity contribution is 6.31. The molecule has 0 spiro atoms. The summed E-state index contributed by atoms with van der Waals surface area (Å²) >= 11 is 6.00. The van der Waals surface area contributed by atoms with Crippen LogP contribution in [-0.4, -0.2) is 15.0 Å². The van der Waals surface area contributed by atoms with Crippen molar-refractivity contribution in [1.82, 2.24) is 9.90 Å². The molecule has 0 radical (unpaired) electrons. The topological polar surface area (TPSA) is 65.0 Å². The molecule has 1 N–H and O–H groups in total. The van der Waals surface area contributed by atoms with E-state index in [9.17, 15) is 10.3 Å². The van der Waals surface area contributed by atoms with Crippen LogP contribution in [0, 0.1) is 19.1 Å². The van der Waals surface area contributed by atoms with E-state index in [1.807, 2.05) is 44.2 Å². The van der Waals surface area contributed by atoms with Crippen LogP contribution in [0.25, 0.3) is 16.7 Å². The summed E-state index contributed by atoms with van der Waals surface area (Å²) in [6.07, 6.45) is 0.568. The smallest absolute Gasteiger partial charge is 0.251 e. The van der Waals surface area contributed by atoms with Crippen molar-refractivity contribution in [3.05, 3.63) is 87.1 Å². The molecule has 0 amide bonds. The molecule has 0 aliphatic rings. The van der Waals surface area contributed by atoms with Gasteiger partial charge in [-0.25, -0.2) is 0 Å². The number of fused-ring (bicyclic) bond motifs is 1. The quantitative estimate of drug-likeness (QED) is 0.428. The molecule has 0 aliphatic heterocycles. The van der Waals surface area contributed by atoms with Crippen LogP contribution < -0.4 is 4.85 Å². The van der Waals surface area contributed by atoms with Gasteiger partial charge in [-0.3, -0.25) is 0 Å². The van der Waals surface area contributed by atoms with Crippen LogP contribution in [0.2, 0.25) is 5.02 Å². The Kier molecular flexibility index (Phi) is 4.24. The lowest BCUT2D eigenvalue weighted by atomic mass is 9.98. The molecule has 0 aliphatic carbocycles. The van der Waals surface area contributed by atoms with E-state index in [-0.39, 0.29) is 5.75 Å². The number of aromatic nitrogens is 3. The lowest BCUT2D eigenvalue weighted by molar-refractivity contribution is -0.664. The van der Waals surface area contributed by atoms with Crippen molar-refractivity contribution in [2.45, 2.75) is 20.3 Å². The molecule has 6 heteroatoms. The molecule has 27 heavy (non-hydrogen) atoms. The number of halogens is 1. The van der Waals surface area contributed by atoms with Gasteiger partial charge in [-0.15, -0.1) is 4.85 Å². The third-order valence-electron chi connectivity index (χ3n) is 4.69. The molecule has 0 fully saturated rings. The van der Waals surface area contributed by atoms with Crippen molar-refractivity contribution in [3.63, 3.8) is 0 Å². The molecule has 4 aromatic rings. The minimum Gasteiger partial charge on any atom is -0.692 e. The average Bonchev–Trinajstić information content (AvgIpc) is 2.95. The Balaban J connectivity index is 1.86. The van der Waals surface area contributed by atoms with Gasteiger partial charge in [0.2, 0.25) is 5.52 Å². The number of phenols is 1. The predicted molar refractivity (Wildman–Crippen MR) is 105 cm³/mol. The van der Waals surface area contributed by atoms with Crippen molar-refractivity contribution < 1.29 is 9.95 Å². The first-order valence-corrected chi connectivity index (χ1v) is 8.97. The van der Waals surface area contributed by atoms with Gasteiger partial charge in [0.1, 0.15) is 0 Å². The van der Waals surface area contributed by atoms with Crippen LogP contribution in [0.1, 0.15) is 22.3 Å². The fourth-order valence-corrected chi connectivity index (χ4v) is 3.44. The maximum Gasteiger partial charge on any atom is 0.251 e. The summed E-state index contributed by atoms with van der Waals surface area (Å²) in [6, 6.07) is 16.6. The molecule has 5 nitrogen and oxygen atoms in total. The van der Waals surface area contributed by atoms with Crippen LogP contribution in [0.4, 0.5) is 0 Å². The molecule has 1 aromatic heterocycles. The molecule has 0 saturated heterocycles. The van der Waals surface area contributed by atoms with Crippen molar-refractivity contribution in [2.75, 3.05) is 0 Å². The first kappa shape index (κ1) is 17.4. The monoisotopic (exact) mass is 379 g/mol. The molecule has 4 rings (SSSR count). The lowest BCUT2D eigenvalue weighted by Gasteiger charge is -2.12. The number of aryl methyl sites for hydroxylation is 2. The van der Waals surface area contributed by atoms with Crippen LogP contribution in [0.5, 0.6) is 5.75 Å².